The van der Waals surface area contributed by atoms with Crippen molar-refractivity contribution < 1.29 is 18.7 Å². The zero-order chi connectivity index (χ0) is 14.7. The van der Waals surface area contributed by atoms with Crippen molar-refractivity contribution in [3.8, 4) is 0 Å². The van der Waals surface area contributed by atoms with Gasteiger partial charge in [0.15, 0.2) is 0 Å². The minimum absolute atomic E-state index is 0.143. The second-order valence-corrected chi connectivity index (χ2v) is 4.94. The molecule has 20 heavy (non-hydrogen) atoms. The average molecular weight is 280 g/mol. The van der Waals surface area contributed by atoms with Crippen molar-refractivity contribution in [2.75, 3.05) is 12.4 Å². The topological polar surface area (TPSA) is 81.4 Å². The highest BCUT2D eigenvalue weighted by Gasteiger charge is 2.29. The molecular formula is C14H17FN2O3. The lowest BCUT2D eigenvalue weighted by molar-refractivity contribution is -0.116. The summed E-state index contributed by atoms with van der Waals surface area (Å²) in [6, 6.07) is 3.61. The first kappa shape index (κ1) is 14.5. The largest absolute Gasteiger partial charge is 0.465 e. The van der Waals surface area contributed by atoms with Gasteiger partial charge in [-0.05, 0) is 37.0 Å². The van der Waals surface area contributed by atoms with E-state index in [-0.39, 0.29) is 23.9 Å². The molecule has 0 spiro atoms. The Labute approximate surface area is 116 Å². The molecule has 1 aromatic carbocycles. The third-order valence-corrected chi connectivity index (χ3v) is 3.30. The van der Waals surface area contributed by atoms with E-state index in [2.05, 4.69) is 10.1 Å². The van der Waals surface area contributed by atoms with Gasteiger partial charge in [0.2, 0.25) is 5.91 Å². The van der Waals surface area contributed by atoms with Crippen LogP contribution in [0.3, 0.4) is 0 Å². The second-order valence-electron chi connectivity index (χ2n) is 4.94. The Hall–Kier alpha value is -1.95. The van der Waals surface area contributed by atoms with E-state index in [1.54, 1.807) is 0 Å². The predicted octanol–water partition coefficient (Wildman–Crippen LogP) is 1.68. The van der Waals surface area contributed by atoms with Crippen LogP contribution in [0.1, 0.15) is 29.6 Å². The van der Waals surface area contributed by atoms with Crippen LogP contribution in [-0.4, -0.2) is 25.0 Å². The summed E-state index contributed by atoms with van der Waals surface area (Å²) in [6.07, 6.45) is 2.35. The number of esters is 1. The molecule has 1 aromatic rings. The number of hydrogen-bond acceptors (Lipinski definition) is 4. The highest BCUT2D eigenvalue weighted by atomic mass is 19.1. The summed E-state index contributed by atoms with van der Waals surface area (Å²) < 4.78 is 17.9. The smallest absolute Gasteiger partial charge is 0.340 e. The van der Waals surface area contributed by atoms with Gasteiger partial charge in [-0.1, -0.05) is 0 Å². The van der Waals surface area contributed by atoms with E-state index in [1.807, 2.05) is 0 Å². The van der Waals surface area contributed by atoms with Crippen molar-refractivity contribution >= 4 is 17.6 Å². The van der Waals surface area contributed by atoms with Crippen molar-refractivity contribution in [2.45, 2.75) is 25.3 Å². The highest BCUT2D eigenvalue weighted by molar-refractivity contribution is 5.94. The van der Waals surface area contributed by atoms with Crippen LogP contribution in [0.4, 0.5) is 10.1 Å². The zero-order valence-electron chi connectivity index (χ0n) is 11.2. The first-order chi connectivity index (χ1) is 9.51. The van der Waals surface area contributed by atoms with E-state index in [4.69, 9.17) is 5.73 Å². The van der Waals surface area contributed by atoms with Gasteiger partial charge in [0.05, 0.1) is 12.7 Å². The molecule has 1 aliphatic carbocycles. The Kier molecular flexibility index (Phi) is 4.34. The predicted molar refractivity (Wildman–Crippen MR) is 71.7 cm³/mol. The molecule has 2 rings (SSSR count). The third-order valence-electron chi connectivity index (χ3n) is 3.30. The number of nitrogens with two attached hydrogens (primary N) is 1. The molecule has 0 saturated heterocycles. The maximum absolute atomic E-state index is 13.4. The molecule has 0 aliphatic heterocycles. The zero-order valence-corrected chi connectivity index (χ0v) is 11.2. The molecule has 1 unspecified atom stereocenters. The van der Waals surface area contributed by atoms with Crippen LogP contribution in [0.25, 0.3) is 0 Å². The number of anilines is 1. The van der Waals surface area contributed by atoms with Gasteiger partial charge in [-0.25, -0.2) is 9.18 Å². The molecule has 1 amide bonds. The second kappa shape index (κ2) is 6.00. The number of methoxy groups -OCH3 is 1. The van der Waals surface area contributed by atoms with Crippen LogP contribution in [0.5, 0.6) is 0 Å². The van der Waals surface area contributed by atoms with Gasteiger partial charge in [-0.15, -0.1) is 0 Å². The summed E-state index contributed by atoms with van der Waals surface area (Å²) in [5.74, 6) is -1.29. The Balaban J connectivity index is 2.01. The summed E-state index contributed by atoms with van der Waals surface area (Å²) >= 11 is 0. The van der Waals surface area contributed by atoms with Crippen LogP contribution in [0.15, 0.2) is 18.2 Å². The van der Waals surface area contributed by atoms with Crippen LogP contribution in [0, 0.1) is 11.7 Å². The Morgan fingerprint density at radius 3 is 2.80 bits per heavy atom. The Bertz CT molecular complexity index is 529. The monoisotopic (exact) mass is 280 g/mol. The number of halogens is 1. The third kappa shape index (κ3) is 3.54. The molecule has 3 N–H and O–H groups in total. The molecule has 5 nitrogen and oxygen atoms in total. The van der Waals surface area contributed by atoms with E-state index in [0.29, 0.717) is 11.6 Å². The normalized spacial score (nSPS) is 15.6. The molecule has 0 aromatic heterocycles. The van der Waals surface area contributed by atoms with Gasteiger partial charge in [-0.2, -0.15) is 0 Å². The fourth-order valence-corrected chi connectivity index (χ4v) is 1.99. The summed E-state index contributed by atoms with van der Waals surface area (Å²) in [6.45, 7) is 0. The van der Waals surface area contributed by atoms with Crippen LogP contribution in [-0.2, 0) is 9.53 Å². The first-order valence-corrected chi connectivity index (χ1v) is 6.44. The van der Waals surface area contributed by atoms with Crippen molar-refractivity contribution in [3.63, 3.8) is 0 Å². The number of ether oxygens (including phenoxy) is 1. The summed E-state index contributed by atoms with van der Waals surface area (Å²) in [7, 11) is 1.17. The van der Waals surface area contributed by atoms with Crippen LogP contribution < -0.4 is 11.1 Å². The van der Waals surface area contributed by atoms with Crippen LogP contribution in [0.2, 0.25) is 0 Å². The minimum Gasteiger partial charge on any atom is -0.465 e. The first-order valence-electron chi connectivity index (χ1n) is 6.44. The van der Waals surface area contributed by atoms with Gasteiger partial charge >= 0.3 is 5.97 Å². The van der Waals surface area contributed by atoms with Crippen molar-refractivity contribution in [1.82, 2.24) is 0 Å². The lowest BCUT2D eigenvalue weighted by Gasteiger charge is -2.11. The van der Waals surface area contributed by atoms with Gasteiger partial charge in [0.25, 0.3) is 0 Å². The van der Waals surface area contributed by atoms with Gasteiger partial charge in [0, 0.05) is 18.2 Å². The molecule has 6 heteroatoms. The number of nitrogens with one attached hydrogen (secondary N) is 1. The van der Waals surface area contributed by atoms with Gasteiger partial charge < -0.3 is 15.8 Å². The molecule has 0 bridgehead atoms. The maximum Gasteiger partial charge on any atom is 0.340 e. The average Bonchev–Trinajstić information content (AvgIpc) is 3.24. The number of hydrogen-bond donors (Lipinski definition) is 2. The minimum atomic E-state index is -0.784. The molecule has 1 fully saturated rings. The fraction of sp³-hybridized carbons (Fsp3) is 0.429. The fourth-order valence-electron chi connectivity index (χ4n) is 1.99. The van der Waals surface area contributed by atoms with E-state index < -0.39 is 11.8 Å². The molecule has 0 heterocycles. The summed E-state index contributed by atoms with van der Waals surface area (Å²) in [4.78, 5) is 23.1. The number of benzene rings is 1. The highest BCUT2D eigenvalue weighted by Crippen LogP contribution is 2.32. The summed E-state index contributed by atoms with van der Waals surface area (Å²) in [5.41, 5.74) is 6.00. The van der Waals surface area contributed by atoms with Gasteiger partial charge in [-0.3, -0.25) is 4.79 Å². The lowest BCUT2D eigenvalue weighted by Crippen LogP contribution is -2.28. The summed E-state index contributed by atoms with van der Waals surface area (Å²) in [5, 5.41) is 2.61. The van der Waals surface area contributed by atoms with Crippen molar-refractivity contribution in [3.05, 3.63) is 29.6 Å². The Morgan fingerprint density at radius 1 is 1.50 bits per heavy atom. The Morgan fingerprint density at radius 2 is 2.20 bits per heavy atom. The van der Waals surface area contributed by atoms with Crippen LogP contribution >= 0.6 is 0 Å². The SMILES string of the molecule is COC(=O)c1cc(NC(=O)CC(N)C2CC2)ccc1F. The molecule has 108 valence electrons. The lowest BCUT2D eigenvalue weighted by atomic mass is 10.1. The maximum atomic E-state index is 13.4. The molecular weight excluding hydrogens is 263 g/mol. The molecule has 1 aliphatic rings. The molecule has 0 radical (unpaired) electrons. The molecule has 1 atom stereocenters. The van der Waals surface area contributed by atoms with E-state index in [1.165, 1.54) is 19.2 Å². The van der Waals surface area contributed by atoms with Crippen molar-refractivity contribution in [2.24, 2.45) is 11.7 Å². The number of amides is 1. The molecule has 1 saturated carbocycles. The van der Waals surface area contributed by atoms with E-state index in [0.717, 1.165) is 18.9 Å². The standard InChI is InChI=1S/C14H17FN2O3/c1-20-14(19)10-6-9(4-5-11(10)15)17-13(18)7-12(16)8-2-3-8/h4-6,8,12H,2-3,7,16H2,1H3,(H,17,18). The number of carbonyl (C=O) groups is 2. The quantitative estimate of drug-likeness (QED) is 0.804. The van der Waals surface area contributed by atoms with E-state index >= 15 is 0 Å². The van der Waals surface area contributed by atoms with Crippen molar-refractivity contribution in [1.29, 1.82) is 0 Å². The number of carbonyl (C=O) groups excluding carboxylic acids is 2. The van der Waals surface area contributed by atoms with E-state index in [9.17, 15) is 14.0 Å². The number of rotatable bonds is 5. The van der Waals surface area contributed by atoms with Gasteiger partial charge in [0.1, 0.15) is 5.82 Å².